The fraction of sp³-hybridized carbons (Fsp3) is 0.900. The number of nitrogens with two attached hydrogens (primary N) is 1. The van der Waals surface area contributed by atoms with Crippen LogP contribution in [0.3, 0.4) is 0 Å². The Kier molecular flexibility index (Phi) is 6.82. The van der Waals surface area contributed by atoms with Gasteiger partial charge in [0.15, 0.2) is 0 Å². The second kappa shape index (κ2) is 7.04. The first-order chi connectivity index (χ1) is 6.10. The number of nitrogens with zero attached hydrogens (tertiary/aromatic N) is 1. The summed E-state index contributed by atoms with van der Waals surface area (Å²) in [6.07, 6.45) is 2.53. The Morgan fingerprint density at radius 3 is 2.54 bits per heavy atom. The number of hydrogen-bond donors (Lipinski definition) is 1. The van der Waals surface area contributed by atoms with Crippen LogP contribution < -0.4 is 5.73 Å². The third kappa shape index (κ3) is 6.72. The van der Waals surface area contributed by atoms with E-state index in [1.807, 2.05) is 18.9 Å². The van der Waals surface area contributed by atoms with Crippen LogP contribution in [-0.2, 0) is 4.79 Å². The summed E-state index contributed by atoms with van der Waals surface area (Å²) in [5, 5.41) is 0. The summed E-state index contributed by atoms with van der Waals surface area (Å²) in [7, 11) is 1.95. The van der Waals surface area contributed by atoms with Crippen molar-refractivity contribution in [2.45, 2.75) is 39.2 Å². The van der Waals surface area contributed by atoms with Crippen LogP contribution in [0.25, 0.3) is 0 Å². The minimum absolute atomic E-state index is 0.0581. The van der Waals surface area contributed by atoms with Gasteiger partial charge in [-0.05, 0) is 20.0 Å². The Hall–Kier alpha value is -0.410. The first kappa shape index (κ1) is 12.6. The zero-order chi connectivity index (χ0) is 10.3. The third-order valence-corrected chi connectivity index (χ3v) is 2.14. The molecule has 0 spiro atoms. The maximum absolute atomic E-state index is 11.4. The van der Waals surface area contributed by atoms with Crippen molar-refractivity contribution >= 4 is 5.78 Å². The molecule has 3 heteroatoms. The lowest BCUT2D eigenvalue weighted by atomic mass is 10.1. The average molecular weight is 186 g/mol. The average Bonchev–Trinajstić information content (AvgIpc) is 2.04. The van der Waals surface area contributed by atoms with Gasteiger partial charge in [0.25, 0.3) is 0 Å². The van der Waals surface area contributed by atoms with Crippen LogP contribution in [0.2, 0.25) is 0 Å². The van der Waals surface area contributed by atoms with Gasteiger partial charge in [-0.1, -0.05) is 20.3 Å². The van der Waals surface area contributed by atoms with Gasteiger partial charge in [-0.25, -0.2) is 0 Å². The molecule has 78 valence electrons. The van der Waals surface area contributed by atoms with Crippen LogP contribution in [0, 0.1) is 0 Å². The van der Waals surface area contributed by atoms with E-state index in [9.17, 15) is 4.79 Å². The number of rotatable bonds is 7. The lowest BCUT2D eigenvalue weighted by molar-refractivity contribution is -0.120. The molecule has 0 radical (unpaired) electrons. The predicted octanol–water partition coefficient (Wildman–Crippen LogP) is 1.02. The standard InChI is InChI=1S/C10H22N2O/c1-4-6-9(11)7-10(13)8-12(3)5-2/h9H,4-8,11H2,1-3H3. The van der Waals surface area contributed by atoms with Crippen molar-refractivity contribution in [3.63, 3.8) is 0 Å². The lowest BCUT2D eigenvalue weighted by Crippen LogP contribution is -2.31. The van der Waals surface area contributed by atoms with E-state index in [2.05, 4.69) is 6.92 Å². The van der Waals surface area contributed by atoms with E-state index in [0.29, 0.717) is 13.0 Å². The molecule has 0 saturated heterocycles. The number of carbonyl (C=O) groups excluding carboxylic acids is 1. The Morgan fingerprint density at radius 1 is 1.46 bits per heavy atom. The molecule has 0 aromatic heterocycles. The fourth-order valence-electron chi connectivity index (χ4n) is 1.24. The largest absolute Gasteiger partial charge is 0.327 e. The molecular formula is C10H22N2O. The Labute approximate surface area is 81.3 Å². The van der Waals surface area contributed by atoms with Crippen LogP contribution in [0.1, 0.15) is 33.1 Å². The van der Waals surface area contributed by atoms with Gasteiger partial charge in [-0.2, -0.15) is 0 Å². The van der Waals surface area contributed by atoms with Crippen molar-refractivity contribution in [1.29, 1.82) is 0 Å². The maximum Gasteiger partial charge on any atom is 0.148 e. The van der Waals surface area contributed by atoms with E-state index in [0.717, 1.165) is 19.4 Å². The molecule has 0 aliphatic heterocycles. The summed E-state index contributed by atoms with van der Waals surface area (Å²) in [4.78, 5) is 13.4. The molecule has 0 heterocycles. The molecule has 0 bridgehead atoms. The second-order valence-corrected chi connectivity index (χ2v) is 3.62. The SMILES string of the molecule is CCCC(N)CC(=O)CN(C)CC. The van der Waals surface area contributed by atoms with Crippen molar-refractivity contribution in [2.75, 3.05) is 20.1 Å². The third-order valence-electron chi connectivity index (χ3n) is 2.14. The monoisotopic (exact) mass is 186 g/mol. The summed E-state index contributed by atoms with van der Waals surface area (Å²) in [6.45, 7) is 5.57. The molecular weight excluding hydrogens is 164 g/mol. The zero-order valence-electron chi connectivity index (χ0n) is 9.05. The molecule has 0 aromatic rings. The number of hydrogen-bond acceptors (Lipinski definition) is 3. The Morgan fingerprint density at radius 2 is 2.08 bits per heavy atom. The van der Waals surface area contributed by atoms with E-state index in [4.69, 9.17) is 5.73 Å². The topological polar surface area (TPSA) is 46.3 Å². The molecule has 0 fully saturated rings. The van der Waals surface area contributed by atoms with Crippen molar-refractivity contribution < 1.29 is 4.79 Å². The first-order valence-electron chi connectivity index (χ1n) is 5.05. The summed E-state index contributed by atoms with van der Waals surface area (Å²) in [5.41, 5.74) is 5.76. The van der Waals surface area contributed by atoms with Gasteiger partial charge >= 0.3 is 0 Å². The highest BCUT2D eigenvalue weighted by atomic mass is 16.1. The number of Topliss-reactive ketones (excluding diaryl/α,β-unsaturated/α-hetero) is 1. The summed E-state index contributed by atoms with van der Waals surface area (Å²) in [6, 6.07) is 0.0581. The molecule has 0 saturated carbocycles. The van der Waals surface area contributed by atoms with Crippen LogP contribution in [-0.4, -0.2) is 36.9 Å². The first-order valence-corrected chi connectivity index (χ1v) is 5.05. The molecule has 0 rings (SSSR count). The van der Waals surface area contributed by atoms with Crippen molar-refractivity contribution in [1.82, 2.24) is 4.90 Å². The normalized spacial score (nSPS) is 13.3. The molecule has 0 aliphatic carbocycles. The van der Waals surface area contributed by atoms with Crippen molar-refractivity contribution in [3.05, 3.63) is 0 Å². The fourth-order valence-corrected chi connectivity index (χ4v) is 1.24. The number of ketones is 1. The van der Waals surface area contributed by atoms with Gasteiger partial charge in [0.1, 0.15) is 5.78 Å². The maximum atomic E-state index is 11.4. The van der Waals surface area contributed by atoms with Gasteiger partial charge in [0, 0.05) is 12.5 Å². The van der Waals surface area contributed by atoms with E-state index >= 15 is 0 Å². The van der Waals surface area contributed by atoms with E-state index < -0.39 is 0 Å². The highest BCUT2D eigenvalue weighted by Gasteiger charge is 2.09. The van der Waals surface area contributed by atoms with Crippen LogP contribution in [0.4, 0.5) is 0 Å². The van der Waals surface area contributed by atoms with E-state index in [1.54, 1.807) is 0 Å². The number of carbonyl (C=O) groups is 1. The zero-order valence-corrected chi connectivity index (χ0v) is 9.05. The molecule has 0 aliphatic rings. The van der Waals surface area contributed by atoms with Crippen LogP contribution >= 0.6 is 0 Å². The van der Waals surface area contributed by atoms with Gasteiger partial charge in [0.05, 0.1) is 6.54 Å². The molecule has 0 amide bonds. The minimum Gasteiger partial charge on any atom is -0.327 e. The molecule has 1 unspecified atom stereocenters. The molecule has 2 N–H and O–H groups in total. The highest BCUT2D eigenvalue weighted by Crippen LogP contribution is 1.99. The second-order valence-electron chi connectivity index (χ2n) is 3.62. The van der Waals surface area contributed by atoms with Crippen LogP contribution in [0.5, 0.6) is 0 Å². The predicted molar refractivity (Wildman–Crippen MR) is 55.7 cm³/mol. The number of likely N-dealkylation sites (N-methyl/N-ethyl adjacent to an activating group) is 1. The summed E-state index contributed by atoms with van der Waals surface area (Å²) in [5.74, 6) is 0.255. The molecule has 13 heavy (non-hydrogen) atoms. The Balaban J connectivity index is 3.61. The highest BCUT2D eigenvalue weighted by molar-refractivity contribution is 5.80. The van der Waals surface area contributed by atoms with E-state index in [-0.39, 0.29) is 11.8 Å². The van der Waals surface area contributed by atoms with Crippen molar-refractivity contribution in [3.8, 4) is 0 Å². The molecule has 3 nitrogen and oxygen atoms in total. The Bertz CT molecular complexity index is 148. The molecule has 1 atom stereocenters. The lowest BCUT2D eigenvalue weighted by Gasteiger charge is -2.14. The van der Waals surface area contributed by atoms with Gasteiger partial charge in [-0.3, -0.25) is 9.69 Å². The summed E-state index contributed by atoms with van der Waals surface area (Å²) < 4.78 is 0. The quantitative estimate of drug-likeness (QED) is 0.646. The van der Waals surface area contributed by atoms with Gasteiger partial charge in [0.2, 0.25) is 0 Å². The van der Waals surface area contributed by atoms with Crippen molar-refractivity contribution in [2.24, 2.45) is 5.73 Å². The van der Waals surface area contributed by atoms with Crippen LogP contribution in [0.15, 0.2) is 0 Å². The molecule has 0 aromatic carbocycles. The smallest absolute Gasteiger partial charge is 0.148 e. The van der Waals surface area contributed by atoms with E-state index in [1.165, 1.54) is 0 Å². The summed E-state index contributed by atoms with van der Waals surface area (Å²) >= 11 is 0. The van der Waals surface area contributed by atoms with Gasteiger partial charge < -0.3 is 5.73 Å². The van der Waals surface area contributed by atoms with Gasteiger partial charge in [-0.15, -0.1) is 0 Å². The minimum atomic E-state index is 0.0581.